The molecule has 1 amide bonds. The Morgan fingerprint density at radius 3 is 2.60 bits per heavy atom. The maximum atomic E-state index is 12.7. The lowest BCUT2D eigenvalue weighted by Crippen LogP contribution is -2.40. The minimum absolute atomic E-state index is 0.0885. The van der Waals surface area contributed by atoms with E-state index in [-0.39, 0.29) is 29.5 Å². The number of nitrogens with zero attached hydrogens (tertiary/aromatic N) is 1. The van der Waals surface area contributed by atoms with Crippen LogP contribution in [0.1, 0.15) is 28.8 Å². The Morgan fingerprint density at radius 2 is 1.88 bits per heavy atom. The fraction of sp³-hybridized carbons (Fsp3) is 0.263. The number of rotatable bonds is 4. The zero-order chi connectivity index (χ0) is 17.8. The van der Waals surface area contributed by atoms with Crippen LogP contribution in [0, 0.1) is 0 Å². The van der Waals surface area contributed by atoms with Crippen LogP contribution >= 0.6 is 0 Å². The number of hydrogen-bond acceptors (Lipinski definition) is 5. The second-order valence-electron chi connectivity index (χ2n) is 5.96. The fourth-order valence-electron chi connectivity index (χ4n) is 2.97. The number of carbonyl (C=O) groups is 2. The first-order valence-electron chi connectivity index (χ1n) is 8.10. The number of phenols is 2. The molecule has 6 heteroatoms. The van der Waals surface area contributed by atoms with Crippen LogP contribution in [0.3, 0.4) is 0 Å². The van der Waals surface area contributed by atoms with Crippen molar-refractivity contribution in [3.05, 3.63) is 59.7 Å². The van der Waals surface area contributed by atoms with Gasteiger partial charge in [0.1, 0.15) is 18.1 Å². The maximum absolute atomic E-state index is 12.7. The summed E-state index contributed by atoms with van der Waals surface area (Å²) in [7, 11) is 0. The van der Waals surface area contributed by atoms with E-state index in [1.807, 2.05) is 30.3 Å². The molecule has 0 spiro atoms. The molecule has 1 saturated heterocycles. The van der Waals surface area contributed by atoms with Crippen LogP contribution in [0.5, 0.6) is 11.5 Å². The van der Waals surface area contributed by atoms with Crippen LogP contribution in [0.25, 0.3) is 0 Å². The fourth-order valence-corrected chi connectivity index (χ4v) is 2.97. The summed E-state index contributed by atoms with van der Waals surface area (Å²) < 4.78 is 5.31. The topological polar surface area (TPSA) is 87.1 Å². The van der Waals surface area contributed by atoms with Crippen molar-refractivity contribution in [2.24, 2.45) is 0 Å². The van der Waals surface area contributed by atoms with Crippen molar-refractivity contribution >= 4 is 11.9 Å². The summed E-state index contributed by atoms with van der Waals surface area (Å²) in [5.74, 6) is -0.777. The van der Waals surface area contributed by atoms with Gasteiger partial charge in [0.05, 0.1) is 11.6 Å². The molecular weight excluding hydrogens is 322 g/mol. The molecule has 1 heterocycles. The maximum Gasteiger partial charge on any atom is 0.410 e. The Bertz CT molecular complexity index is 775. The summed E-state index contributed by atoms with van der Waals surface area (Å²) in [5, 5.41) is 19.2. The Kier molecular flexibility index (Phi) is 4.88. The average Bonchev–Trinajstić information content (AvgIpc) is 3.10. The molecule has 1 aliphatic heterocycles. The van der Waals surface area contributed by atoms with Crippen molar-refractivity contribution in [3.8, 4) is 11.5 Å². The van der Waals surface area contributed by atoms with Crippen molar-refractivity contribution in [3.63, 3.8) is 0 Å². The van der Waals surface area contributed by atoms with Crippen LogP contribution in [0.15, 0.2) is 48.5 Å². The van der Waals surface area contributed by atoms with Crippen molar-refractivity contribution in [2.75, 3.05) is 6.54 Å². The first kappa shape index (κ1) is 16.8. The minimum Gasteiger partial charge on any atom is -0.508 e. The average molecular weight is 341 g/mol. The van der Waals surface area contributed by atoms with E-state index in [2.05, 4.69) is 0 Å². The molecule has 2 aromatic carbocycles. The summed E-state index contributed by atoms with van der Waals surface area (Å²) in [6, 6.07) is 12.4. The van der Waals surface area contributed by atoms with Gasteiger partial charge in [-0.3, -0.25) is 9.69 Å². The molecule has 3 rings (SSSR count). The Labute approximate surface area is 145 Å². The van der Waals surface area contributed by atoms with Gasteiger partial charge in [-0.1, -0.05) is 30.3 Å². The van der Waals surface area contributed by atoms with E-state index >= 15 is 0 Å². The van der Waals surface area contributed by atoms with E-state index in [1.54, 1.807) is 0 Å². The number of hydrogen-bond donors (Lipinski definition) is 2. The van der Waals surface area contributed by atoms with Gasteiger partial charge < -0.3 is 14.9 Å². The Morgan fingerprint density at radius 1 is 1.12 bits per heavy atom. The van der Waals surface area contributed by atoms with Gasteiger partial charge in [-0.2, -0.15) is 0 Å². The zero-order valence-corrected chi connectivity index (χ0v) is 13.6. The van der Waals surface area contributed by atoms with E-state index in [0.717, 1.165) is 11.6 Å². The predicted octanol–water partition coefficient (Wildman–Crippen LogP) is 3.08. The summed E-state index contributed by atoms with van der Waals surface area (Å²) in [6.07, 6.45) is 0.660. The van der Waals surface area contributed by atoms with Crippen molar-refractivity contribution in [1.82, 2.24) is 4.90 Å². The van der Waals surface area contributed by atoms with Crippen LogP contribution in [-0.4, -0.2) is 39.6 Å². The SMILES string of the molecule is O=C(c1ccc(O)cc1O)C1CCCN1C(=O)OCc1ccccc1. The Hall–Kier alpha value is -3.02. The second-order valence-corrected chi connectivity index (χ2v) is 5.96. The monoisotopic (exact) mass is 341 g/mol. The van der Waals surface area contributed by atoms with Crippen LogP contribution in [0.2, 0.25) is 0 Å². The van der Waals surface area contributed by atoms with Gasteiger partial charge in [0.15, 0.2) is 5.78 Å². The van der Waals surface area contributed by atoms with Crippen LogP contribution in [0.4, 0.5) is 4.79 Å². The Balaban J connectivity index is 1.69. The minimum atomic E-state index is -0.668. The lowest BCUT2D eigenvalue weighted by Gasteiger charge is -2.23. The van der Waals surface area contributed by atoms with Gasteiger partial charge in [0, 0.05) is 12.6 Å². The zero-order valence-electron chi connectivity index (χ0n) is 13.6. The summed E-state index contributed by atoms with van der Waals surface area (Å²) >= 11 is 0. The van der Waals surface area contributed by atoms with Gasteiger partial charge in [0.25, 0.3) is 0 Å². The van der Waals surface area contributed by atoms with E-state index in [9.17, 15) is 19.8 Å². The van der Waals surface area contributed by atoms with Crippen LogP contribution in [-0.2, 0) is 11.3 Å². The quantitative estimate of drug-likeness (QED) is 0.835. The summed E-state index contributed by atoms with van der Waals surface area (Å²) in [5.41, 5.74) is 0.958. The molecule has 0 aliphatic carbocycles. The summed E-state index contributed by atoms with van der Waals surface area (Å²) in [6.45, 7) is 0.574. The van der Waals surface area contributed by atoms with E-state index in [0.29, 0.717) is 19.4 Å². The van der Waals surface area contributed by atoms with Gasteiger partial charge >= 0.3 is 6.09 Å². The highest BCUT2D eigenvalue weighted by Crippen LogP contribution is 2.28. The molecule has 1 fully saturated rings. The second kappa shape index (κ2) is 7.25. The molecule has 0 aromatic heterocycles. The molecule has 1 unspecified atom stereocenters. The normalized spacial score (nSPS) is 16.6. The summed E-state index contributed by atoms with van der Waals surface area (Å²) in [4.78, 5) is 26.4. The molecule has 0 radical (unpaired) electrons. The molecule has 130 valence electrons. The molecule has 2 aromatic rings. The molecule has 1 aliphatic rings. The third-order valence-electron chi connectivity index (χ3n) is 4.24. The molecule has 0 bridgehead atoms. The van der Waals surface area contributed by atoms with Crippen molar-refractivity contribution in [1.29, 1.82) is 0 Å². The van der Waals surface area contributed by atoms with Crippen molar-refractivity contribution in [2.45, 2.75) is 25.5 Å². The van der Waals surface area contributed by atoms with E-state index < -0.39 is 12.1 Å². The number of Topliss-reactive ketones (excluding diaryl/α,β-unsaturated/α-hetero) is 1. The highest BCUT2D eigenvalue weighted by molar-refractivity contribution is 6.03. The van der Waals surface area contributed by atoms with Gasteiger partial charge in [-0.25, -0.2) is 4.79 Å². The third kappa shape index (κ3) is 3.74. The molecule has 2 N–H and O–H groups in total. The standard InChI is InChI=1S/C19H19NO5/c21-14-8-9-15(17(22)11-14)18(23)16-7-4-10-20(16)19(24)25-12-13-5-2-1-3-6-13/h1-3,5-6,8-9,11,16,21-22H,4,7,10,12H2. The molecular formula is C19H19NO5. The number of carbonyl (C=O) groups excluding carboxylic acids is 2. The molecule has 1 atom stereocenters. The highest BCUT2D eigenvalue weighted by atomic mass is 16.6. The third-order valence-corrected chi connectivity index (χ3v) is 4.24. The smallest absolute Gasteiger partial charge is 0.410 e. The largest absolute Gasteiger partial charge is 0.508 e. The lowest BCUT2D eigenvalue weighted by molar-refractivity contribution is 0.0736. The van der Waals surface area contributed by atoms with E-state index in [4.69, 9.17) is 4.74 Å². The molecule has 6 nitrogen and oxygen atoms in total. The van der Waals surface area contributed by atoms with E-state index in [1.165, 1.54) is 17.0 Å². The molecule has 0 saturated carbocycles. The number of amides is 1. The number of ether oxygens (including phenoxy) is 1. The van der Waals surface area contributed by atoms with Gasteiger partial charge in [0.2, 0.25) is 0 Å². The number of phenolic OH excluding ortho intramolecular Hbond substituents is 2. The number of aromatic hydroxyl groups is 2. The lowest BCUT2D eigenvalue weighted by atomic mass is 10.0. The highest BCUT2D eigenvalue weighted by Gasteiger charge is 2.36. The van der Waals surface area contributed by atoms with Gasteiger partial charge in [-0.05, 0) is 30.5 Å². The predicted molar refractivity (Wildman–Crippen MR) is 90.5 cm³/mol. The first-order chi connectivity index (χ1) is 12.1. The number of ketones is 1. The van der Waals surface area contributed by atoms with Crippen LogP contribution < -0.4 is 0 Å². The first-order valence-corrected chi connectivity index (χ1v) is 8.10. The number of benzene rings is 2. The van der Waals surface area contributed by atoms with Gasteiger partial charge in [-0.15, -0.1) is 0 Å². The molecule has 25 heavy (non-hydrogen) atoms. The number of likely N-dealkylation sites (tertiary alicyclic amines) is 1. The van der Waals surface area contributed by atoms with Crippen molar-refractivity contribution < 1.29 is 24.5 Å².